The molecule has 1 fully saturated rings. The van der Waals surface area contributed by atoms with E-state index < -0.39 is 29.9 Å². The van der Waals surface area contributed by atoms with Gasteiger partial charge in [-0.3, -0.25) is 4.79 Å². The maximum atomic E-state index is 12.9. The van der Waals surface area contributed by atoms with Crippen LogP contribution in [-0.2, 0) is 16.0 Å². The number of urea groups is 1. The van der Waals surface area contributed by atoms with Gasteiger partial charge in [0.05, 0.1) is 5.92 Å². The summed E-state index contributed by atoms with van der Waals surface area (Å²) in [5.74, 6) is -2.44. The number of carboxylic acids is 1. The van der Waals surface area contributed by atoms with E-state index in [4.69, 9.17) is 5.73 Å². The third-order valence-electron chi connectivity index (χ3n) is 5.85. The second kappa shape index (κ2) is 9.52. The van der Waals surface area contributed by atoms with Gasteiger partial charge in [-0.1, -0.05) is 60.7 Å². The largest absolute Gasteiger partial charge is 0.480 e. The van der Waals surface area contributed by atoms with Gasteiger partial charge in [-0.05, 0) is 35.2 Å². The van der Waals surface area contributed by atoms with Gasteiger partial charge < -0.3 is 16.2 Å². The molecule has 8 nitrogen and oxygen atoms in total. The van der Waals surface area contributed by atoms with Crippen molar-refractivity contribution in [1.29, 1.82) is 0 Å². The van der Waals surface area contributed by atoms with Crippen LogP contribution in [-0.4, -0.2) is 45.5 Å². The first-order valence-corrected chi connectivity index (χ1v) is 10.6. The Bertz CT molecular complexity index is 1110. The number of β-lactam (4-membered cyclic amide) rings is 1. The van der Waals surface area contributed by atoms with Crippen molar-refractivity contribution in [2.75, 3.05) is 12.3 Å². The summed E-state index contributed by atoms with van der Waals surface area (Å²) in [7, 11) is 0. The lowest BCUT2D eigenvalue weighted by Gasteiger charge is -2.43. The van der Waals surface area contributed by atoms with Gasteiger partial charge >= 0.3 is 12.0 Å². The molecule has 1 aromatic heterocycles. The number of amides is 3. The molecule has 0 bridgehead atoms. The minimum atomic E-state index is -1.24. The maximum absolute atomic E-state index is 12.9. The third kappa shape index (κ3) is 4.69. The number of aliphatic carboxylic acids is 1. The van der Waals surface area contributed by atoms with Crippen molar-refractivity contribution in [2.45, 2.75) is 18.4 Å². The molecule has 2 atom stereocenters. The van der Waals surface area contributed by atoms with E-state index in [0.717, 1.165) is 16.0 Å². The van der Waals surface area contributed by atoms with Gasteiger partial charge in [-0.2, -0.15) is 0 Å². The molecule has 1 aliphatic heterocycles. The number of carbonyl (C=O) groups excluding carboxylic acids is 2. The molecule has 3 amide bonds. The zero-order valence-corrected chi connectivity index (χ0v) is 17.8. The average Bonchev–Trinajstić information content (AvgIpc) is 2.82. The van der Waals surface area contributed by atoms with Crippen molar-refractivity contribution >= 4 is 23.7 Å². The Hall–Kier alpha value is -4.20. The molecule has 4 rings (SSSR count). The number of aromatic nitrogens is 1. The van der Waals surface area contributed by atoms with E-state index in [1.807, 2.05) is 60.7 Å². The highest BCUT2D eigenvalue weighted by Gasteiger charge is 2.54. The van der Waals surface area contributed by atoms with E-state index in [1.165, 1.54) is 6.20 Å². The van der Waals surface area contributed by atoms with Gasteiger partial charge in [0.15, 0.2) is 6.04 Å². The van der Waals surface area contributed by atoms with Crippen molar-refractivity contribution in [2.24, 2.45) is 5.92 Å². The van der Waals surface area contributed by atoms with Gasteiger partial charge in [0, 0.05) is 18.7 Å². The Labute approximate surface area is 191 Å². The lowest BCUT2D eigenvalue weighted by Crippen LogP contribution is -2.68. The number of imide groups is 1. The second-order valence-electron chi connectivity index (χ2n) is 7.95. The lowest BCUT2D eigenvalue weighted by atomic mass is 9.82. The van der Waals surface area contributed by atoms with Crippen LogP contribution in [0.3, 0.4) is 0 Å². The molecule has 1 unspecified atom stereocenters. The Morgan fingerprint density at radius 1 is 1.03 bits per heavy atom. The molecule has 1 saturated heterocycles. The molecule has 8 heteroatoms. The Morgan fingerprint density at radius 3 is 2.18 bits per heavy atom. The molecule has 33 heavy (non-hydrogen) atoms. The van der Waals surface area contributed by atoms with Crippen LogP contribution in [0, 0.1) is 5.92 Å². The summed E-state index contributed by atoms with van der Waals surface area (Å²) in [6.07, 6.45) is 1.67. The predicted octanol–water partition coefficient (Wildman–Crippen LogP) is 2.66. The van der Waals surface area contributed by atoms with Gasteiger partial charge in [0.1, 0.15) is 5.82 Å². The van der Waals surface area contributed by atoms with Gasteiger partial charge in [-0.15, -0.1) is 0 Å². The fourth-order valence-electron chi connectivity index (χ4n) is 4.21. The monoisotopic (exact) mass is 444 g/mol. The highest BCUT2D eigenvalue weighted by molar-refractivity contribution is 6.07. The SMILES string of the molecule is Nc1cc(C[C@H]2C(=O)N(C(=O)NCC(c3ccccc3)c3ccccc3)C2C(=O)O)ccn1. The van der Waals surface area contributed by atoms with Crippen molar-refractivity contribution in [3.8, 4) is 0 Å². The molecule has 0 saturated carbocycles. The molecule has 4 N–H and O–H groups in total. The smallest absolute Gasteiger partial charge is 0.327 e. The van der Waals surface area contributed by atoms with E-state index in [2.05, 4.69) is 10.3 Å². The summed E-state index contributed by atoms with van der Waals surface area (Å²) in [5, 5.41) is 12.5. The van der Waals surface area contributed by atoms with Crippen LogP contribution < -0.4 is 11.1 Å². The molecule has 0 aliphatic carbocycles. The van der Waals surface area contributed by atoms with Gasteiger partial charge in [0.25, 0.3) is 0 Å². The first-order valence-electron chi connectivity index (χ1n) is 10.6. The molecule has 0 spiro atoms. The van der Waals surface area contributed by atoms with Gasteiger partial charge in [-0.25, -0.2) is 19.5 Å². The Kier molecular flexibility index (Phi) is 6.35. The quantitative estimate of drug-likeness (QED) is 0.481. The molecular weight excluding hydrogens is 420 g/mol. The minimum absolute atomic E-state index is 0.147. The van der Waals surface area contributed by atoms with Crippen LogP contribution in [0.15, 0.2) is 79.0 Å². The summed E-state index contributed by atoms with van der Waals surface area (Å²) < 4.78 is 0. The van der Waals surface area contributed by atoms with E-state index in [9.17, 15) is 19.5 Å². The number of anilines is 1. The maximum Gasteiger partial charge on any atom is 0.327 e. The molecule has 3 aromatic rings. The molecule has 2 aromatic carbocycles. The van der Waals surface area contributed by atoms with Gasteiger partial charge in [0.2, 0.25) is 5.91 Å². The summed E-state index contributed by atoms with van der Waals surface area (Å²) in [6, 6.07) is 20.7. The number of rotatable bonds is 7. The van der Waals surface area contributed by atoms with Crippen LogP contribution in [0.5, 0.6) is 0 Å². The number of nitrogen functional groups attached to an aromatic ring is 1. The summed E-state index contributed by atoms with van der Waals surface area (Å²) in [5.41, 5.74) is 8.37. The third-order valence-corrected chi connectivity index (χ3v) is 5.85. The number of pyridine rings is 1. The lowest BCUT2D eigenvalue weighted by molar-refractivity contribution is -0.165. The van der Waals surface area contributed by atoms with E-state index in [-0.39, 0.29) is 24.7 Å². The van der Waals surface area contributed by atoms with Crippen LogP contribution in [0.25, 0.3) is 0 Å². The first-order chi connectivity index (χ1) is 16.0. The average molecular weight is 444 g/mol. The normalized spacial score (nSPS) is 17.5. The molecule has 168 valence electrons. The standard InChI is InChI=1S/C25H24N4O4/c26-21-14-16(11-12-27-21)13-19-22(24(31)32)29(23(19)30)25(33)28-15-20(17-7-3-1-4-8-17)18-9-5-2-6-10-18/h1-12,14,19-20,22H,13,15H2,(H2,26,27)(H,28,33)(H,31,32)/t19-,22?/m1/s1. The number of nitrogens with one attached hydrogen (secondary N) is 1. The number of hydrogen-bond donors (Lipinski definition) is 3. The summed E-state index contributed by atoms with van der Waals surface area (Å²) in [6.45, 7) is 0.217. The fraction of sp³-hybridized carbons (Fsp3) is 0.200. The van der Waals surface area contributed by atoms with Crippen molar-refractivity contribution < 1.29 is 19.5 Å². The highest BCUT2D eigenvalue weighted by Crippen LogP contribution is 2.31. The van der Waals surface area contributed by atoms with Crippen LogP contribution >= 0.6 is 0 Å². The molecular formula is C25H24N4O4. The second-order valence-corrected chi connectivity index (χ2v) is 7.95. The number of carboxylic acid groups (broad SMARTS) is 1. The van der Waals surface area contributed by atoms with E-state index >= 15 is 0 Å². The number of carbonyl (C=O) groups is 3. The van der Waals surface area contributed by atoms with Crippen LogP contribution in [0.4, 0.5) is 10.6 Å². The Morgan fingerprint density at radius 2 is 1.64 bits per heavy atom. The van der Waals surface area contributed by atoms with Crippen molar-refractivity contribution in [3.63, 3.8) is 0 Å². The first kappa shape index (κ1) is 22.0. The predicted molar refractivity (Wildman–Crippen MR) is 122 cm³/mol. The highest BCUT2D eigenvalue weighted by atomic mass is 16.4. The van der Waals surface area contributed by atoms with E-state index in [1.54, 1.807) is 12.1 Å². The molecule has 0 radical (unpaired) electrons. The minimum Gasteiger partial charge on any atom is -0.480 e. The number of hydrogen-bond acceptors (Lipinski definition) is 5. The number of nitrogens with zero attached hydrogens (tertiary/aromatic N) is 2. The number of likely N-dealkylation sites (tertiary alicyclic amines) is 1. The van der Waals surface area contributed by atoms with Crippen LogP contribution in [0.2, 0.25) is 0 Å². The zero-order valence-electron chi connectivity index (χ0n) is 17.8. The fourth-order valence-corrected chi connectivity index (χ4v) is 4.21. The zero-order chi connectivity index (χ0) is 23.4. The van der Waals surface area contributed by atoms with Crippen molar-refractivity contribution in [3.05, 3.63) is 95.7 Å². The molecule has 1 aliphatic rings. The van der Waals surface area contributed by atoms with Crippen LogP contribution in [0.1, 0.15) is 22.6 Å². The van der Waals surface area contributed by atoms with E-state index in [0.29, 0.717) is 5.56 Å². The van der Waals surface area contributed by atoms with Crippen molar-refractivity contribution in [1.82, 2.24) is 15.2 Å². The molecule has 2 heterocycles. The topological polar surface area (TPSA) is 126 Å². The summed E-state index contributed by atoms with van der Waals surface area (Å²) >= 11 is 0. The number of benzene rings is 2. The Balaban J connectivity index is 1.47. The number of nitrogens with two attached hydrogens (primary N) is 1. The summed E-state index contributed by atoms with van der Waals surface area (Å²) in [4.78, 5) is 42.2.